The van der Waals surface area contributed by atoms with Crippen LogP contribution in [0.4, 0.5) is 0 Å². The van der Waals surface area contributed by atoms with E-state index in [1.807, 2.05) is 12.1 Å². The highest BCUT2D eigenvalue weighted by molar-refractivity contribution is 6.04. The Balaban J connectivity index is 1.91. The molecular weight excluding hydrogens is 232 g/mol. The van der Waals surface area contributed by atoms with E-state index in [-0.39, 0.29) is 5.91 Å². The summed E-state index contributed by atoms with van der Waals surface area (Å²) in [6.07, 6.45) is 5.05. The summed E-state index contributed by atoms with van der Waals surface area (Å²) in [5, 5.41) is 9.05. The molecule has 0 unspecified atom stereocenters. The fourth-order valence-electron chi connectivity index (χ4n) is 1.95. The Bertz CT molecular complexity index is 455. The maximum Gasteiger partial charge on any atom is 0.319 e. The van der Waals surface area contributed by atoms with Gasteiger partial charge in [0.05, 0.1) is 0 Å². The van der Waals surface area contributed by atoms with Crippen molar-refractivity contribution in [1.82, 2.24) is 9.88 Å². The van der Waals surface area contributed by atoms with Crippen molar-refractivity contribution in [3.05, 3.63) is 30.1 Å². The molecule has 1 aromatic rings. The molecule has 18 heavy (non-hydrogen) atoms. The zero-order chi connectivity index (χ0) is 13.2. The lowest BCUT2D eigenvalue weighted by atomic mass is 10.1. The number of carbonyl (C=O) groups excluding carboxylic acids is 1. The molecular formula is C13H16N2O3. The highest BCUT2D eigenvalue weighted by Crippen LogP contribution is 2.47. The first-order valence-corrected chi connectivity index (χ1v) is 5.94. The highest BCUT2D eigenvalue weighted by atomic mass is 16.4. The van der Waals surface area contributed by atoms with Crippen molar-refractivity contribution in [3.63, 3.8) is 0 Å². The molecule has 1 aromatic heterocycles. The van der Waals surface area contributed by atoms with Gasteiger partial charge in [-0.3, -0.25) is 14.6 Å². The summed E-state index contributed by atoms with van der Waals surface area (Å²) in [5.41, 5.74) is -0.0960. The molecule has 1 aliphatic rings. The van der Waals surface area contributed by atoms with Gasteiger partial charge < -0.3 is 10.0 Å². The Morgan fingerprint density at radius 1 is 1.50 bits per heavy atom. The van der Waals surface area contributed by atoms with Gasteiger partial charge in [0.25, 0.3) is 0 Å². The number of hydrogen-bond donors (Lipinski definition) is 1. The van der Waals surface area contributed by atoms with Crippen LogP contribution in [0.25, 0.3) is 0 Å². The largest absolute Gasteiger partial charge is 0.480 e. The second-order valence-corrected chi connectivity index (χ2v) is 4.73. The van der Waals surface area contributed by atoms with Crippen molar-refractivity contribution in [2.75, 3.05) is 13.6 Å². The smallest absolute Gasteiger partial charge is 0.319 e. The van der Waals surface area contributed by atoms with Crippen LogP contribution in [0.2, 0.25) is 0 Å². The minimum Gasteiger partial charge on any atom is -0.480 e. The van der Waals surface area contributed by atoms with Gasteiger partial charge in [0.2, 0.25) is 5.91 Å². The van der Waals surface area contributed by atoms with E-state index in [1.54, 1.807) is 19.4 Å². The number of rotatable bonds is 5. The van der Waals surface area contributed by atoms with Crippen LogP contribution in [0.15, 0.2) is 24.5 Å². The molecule has 2 rings (SSSR count). The summed E-state index contributed by atoms with van der Waals surface area (Å²) in [6, 6.07) is 3.78. The number of carbonyl (C=O) groups is 2. The molecule has 1 amide bonds. The van der Waals surface area contributed by atoms with Gasteiger partial charge in [0, 0.05) is 26.0 Å². The van der Waals surface area contributed by atoms with Gasteiger partial charge in [0.15, 0.2) is 0 Å². The number of amides is 1. The lowest BCUT2D eigenvalue weighted by Crippen LogP contribution is -2.39. The van der Waals surface area contributed by atoms with Crippen molar-refractivity contribution < 1.29 is 14.7 Å². The molecule has 0 atom stereocenters. The van der Waals surface area contributed by atoms with Crippen molar-refractivity contribution in [2.24, 2.45) is 5.41 Å². The predicted molar refractivity (Wildman–Crippen MR) is 64.9 cm³/mol. The number of likely N-dealkylation sites (N-methyl/N-ethyl adjacent to an activating group) is 1. The second kappa shape index (κ2) is 4.76. The molecule has 5 heteroatoms. The predicted octanol–water partition coefficient (Wildman–Crippen LogP) is 0.947. The first-order valence-electron chi connectivity index (χ1n) is 5.94. The van der Waals surface area contributed by atoms with Crippen LogP contribution >= 0.6 is 0 Å². The normalized spacial score (nSPS) is 16.1. The van der Waals surface area contributed by atoms with E-state index >= 15 is 0 Å². The zero-order valence-corrected chi connectivity index (χ0v) is 10.3. The quantitative estimate of drug-likeness (QED) is 0.787. The Morgan fingerprint density at radius 2 is 2.22 bits per heavy atom. The topological polar surface area (TPSA) is 70.5 Å². The molecule has 1 heterocycles. The van der Waals surface area contributed by atoms with Crippen molar-refractivity contribution >= 4 is 11.9 Å². The Labute approximate surface area is 105 Å². The van der Waals surface area contributed by atoms with Crippen LogP contribution in [0, 0.1) is 5.41 Å². The van der Waals surface area contributed by atoms with Gasteiger partial charge in [-0.15, -0.1) is 0 Å². The molecule has 5 nitrogen and oxygen atoms in total. The van der Waals surface area contributed by atoms with E-state index in [0.717, 1.165) is 5.56 Å². The average molecular weight is 248 g/mol. The van der Waals surface area contributed by atoms with E-state index < -0.39 is 11.4 Å². The third-order valence-corrected chi connectivity index (χ3v) is 3.37. The number of aromatic nitrogens is 1. The standard InChI is InChI=1S/C13H16N2O3/c1-15(8-4-10-3-2-7-14-9-10)11(16)13(5-6-13)12(17)18/h2-3,7,9H,4-6,8H2,1H3,(H,17,18). The van der Waals surface area contributed by atoms with Crippen molar-refractivity contribution in [1.29, 1.82) is 0 Å². The fraction of sp³-hybridized carbons (Fsp3) is 0.462. The summed E-state index contributed by atoms with van der Waals surface area (Å²) in [5.74, 6) is -1.28. The fourth-order valence-corrected chi connectivity index (χ4v) is 1.95. The van der Waals surface area contributed by atoms with Gasteiger partial charge in [-0.2, -0.15) is 0 Å². The maximum atomic E-state index is 12.0. The minimum atomic E-state index is -1.14. The lowest BCUT2D eigenvalue weighted by molar-refractivity contribution is -0.152. The number of carboxylic acid groups (broad SMARTS) is 1. The lowest BCUT2D eigenvalue weighted by Gasteiger charge is -2.20. The second-order valence-electron chi connectivity index (χ2n) is 4.73. The maximum absolute atomic E-state index is 12.0. The number of hydrogen-bond acceptors (Lipinski definition) is 3. The molecule has 0 spiro atoms. The van der Waals surface area contributed by atoms with Gasteiger partial charge in [0.1, 0.15) is 5.41 Å². The molecule has 1 aliphatic carbocycles. The number of carboxylic acids is 1. The van der Waals surface area contributed by atoms with E-state index in [2.05, 4.69) is 4.98 Å². The molecule has 0 radical (unpaired) electrons. The Morgan fingerprint density at radius 3 is 2.72 bits per heavy atom. The van der Waals surface area contributed by atoms with Crippen LogP contribution in [0.5, 0.6) is 0 Å². The van der Waals surface area contributed by atoms with Gasteiger partial charge in [-0.25, -0.2) is 0 Å². The molecule has 96 valence electrons. The number of nitrogens with zero attached hydrogens (tertiary/aromatic N) is 2. The van der Waals surface area contributed by atoms with E-state index in [0.29, 0.717) is 25.8 Å². The zero-order valence-electron chi connectivity index (χ0n) is 10.3. The average Bonchev–Trinajstić information content (AvgIpc) is 3.17. The van der Waals surface area contributed by atoms with Crippen LogP contribution in [-0.2, 0) is 16.0 Å². The minimum absolute atomic E-state index is 0.279. The number of aliphatic carboxylic acids is 1. The van der Waals surface area contributed by atoms with Crippen LogP contribution < -0.4 is 0 Å². The molecule has 0 aromatic carbocycles. The summed E-state index contributed by atoms with van der Waals surface area (Å²) >= 11 is 0. The van der Waals surface area contributed by atoms with Crippen molar-refractivity contribution in [2.45, 2.75) is 19.3 Å². The Hall–Kier alpha value is -1.91. The summed E-state index contributed by atoms with van der Waals surface area (Å²) in [6.45, 7) is 0.513. The van der Waals surface area contributed by atoms with Gasteiger partial charge >= 0.3 is 5.97 Å². The summed E-state index contributed by atoms with van der Waals surface area (Å²) in [4.78, 5) is 28.6. The summed E-state index contributed by atoms with van der Waals surface area (Å²) in [7, 11) is 1.65. The van der Waals surface area contributed by atoms with E-state index in [9.17, 15) is 9.59 Å². The monoisotopic (exact) mass is 248 g/mol. The van der Waals surface area contributed by atoms with E-state index in [4.69, 9.17) is 5.11 Å². The van der Waals surface area contributed by atoms with E-state index in [1.165, 1.54) is 4.90 Å². The third kappa shape index (κ3) is 2.34. The van der Waals surface area contributed by atoms with Crippen LogP contribution in [0.3, 0.4) is 0 Å². The van der Waals surface area contributed by atoms with Crippen LogP contribution in [0.1, 0.15) is 18.4 Å². The first-order chi connectivity index (χ1) is 8.56. The third-order valence-electron chi connectivity index (χ3n) is 3.37. The number of pyridine rings is 1. The molecule has 0 aliphatic heterocycles. The van der Waals surface area contributed by atoms with Gasteiger partial charge in [-0.1, -0.05) is 6.07 Å². The SMILES string of the molecule is CN(CCc1cccnc1)C(=O)C1(C(=O)O)CC1. The van der Waals surface area contributed by atoms with Gasteiger partial charge in [-0.05, 0) is 30.9 Å². The molecule has 0 bridgehead atoms. The molecule has 1 fully saturated rings. The summed E-state index contributed by atoms with van der Waals surface area (Å²) < 4.78 is 0. The van der Waals surface area contributed by atoms with Crippen molar-refractivity contribution in [3.8, 4) is 0 Å². The molecule has 0 saturated heterocycles. The molecule has 1 saturated carbocycles. The molecule has 1 N–H and O–H groups in total. The Kier molecular flexibility index (Phi) is 3.32. The first kappa shape index (κ1) is 12.5. The van der Waals surface area contributed by atoms with Crippen LogP contribution in [-0.4, -0.2) is 40.5 Å². The highest BCUT2D eigenvalue weighted by Gasteiger charge is 2.58.